The first kappa shape index (κ1) is 18.6. The van der Waals surface area contributed by atoms with Crippen LogP contribution < -0.4 is 10.2 Å². The zero-order valence-corrected chi connectivity index (χ0v) is 15.8. The summed E-state index contributed by atoms with van der Waals surface area (Å²) in [5, 5.41) is 2.86. The molecule has 3 rings (SSSR count). The molecule has 2 amide bonds. The molecule has 0 fully saturated rings. The second-order valence-electron chi connectivity index (χ2n) is 6.44. The van der Waals surface area contributed by atoms with E-state index in [1.165, 1.54) is 6.92 Å². The highest BCUT2D eigenvalue weighted by molar-refractivity contribution is 5.94. The Kier molecular flexibility index (Phi) is 5.54. The minimum Gasteiger partial charge on any atom is -0.347 e. The number of amides is 2. The molecule has 140 valence electrons. The molecule has 1 aromatic heterocycles. The molecule has 0 bridgehead atoms. The third-order valence-corrected chi connectivity index (χ3v) is 4.47. The highest BCUT2D eigenvalue weighted by Gasteiger charge is 2.21. The molecule has 1 heterocycles. The number of carbonyl (C=O) groups is 2. The van der Waals surface area contributed by atoms with Crippen molar-refractivity contribution < 1.29 is 9.59 Å². The van der Waals surface area contributed by atoms with Gasteiger partial charge in [-0.1, -0.05) is 30.3 Å². The summed E-state index contributed by atoms with van der Waals surface area (Å²) in [5.74, 6) is 0.513. The Labute approximate surface area is 158 Å². The van der Waals surface area contributed by atoms with Gasteiger partial charge in [0, 0.05) is 19.2 Å². The van der Waals surface area contributed by atoms with Gasteiger partial charge in [-0.3, -0.25) is 9.59 Å². The van der Waals surface area contributed by atoms with Crippen molar-refractivity contribution in [2.45, 2.75) is 33.4 Å². The number of fused-ring (bicyclic) bond motifs is 1. The number of imidazole rings is 1. The fourth-order valence-corrected chi connectivity index (χ4v) is 3.29. The van der Waals surface area contributed by atoms with Crippen LogP contribution in [-0.2, 0) is 16.1 Å². The maximum Gasteiger partial charge on any atom is 0.246 e. The summed E-state index contributed by atoms with van der Waals surface area (Å²) in [6.07, 6.45) is 0. The molecular formula is C21H24N4O2. The molecule has 0 aliphatic rings. The van der Waals surface area contributed by atoms with E-state index in [1.807, 2.05) is 73.0 Å². The number of anilines is 1. The summed E-state index contributed by atoms with van der Waals surface area (Å²) in [5.41, 5.74) is 2.55. The summed E-state index contributed by atoms with van der Waals surface area (Å²) in [7, 11) is 0. The molecule has 3 aromatic rings. The number of nitrogens with zero attached hydrogens (tertiary/aromatic N) is 3. The van der Waals surface area contributed by atoms with E-state index in [0.29, 0.717) is 12.4 Å². The van der Waals surface area contributed by atoms with Gasteiger partial charge in [0.1, 0.15) is 12.4 Å². The molecule has 1 N–H and O–H groups in total. The maximum absolute atomic E-state index is 13.1. The lowest BCUT2D eigenvalue weighted by Crippen LogP contribution is -2.35. The van der Waals surface area contributed by atoms with E-state index < -0.39 is 0 Å². The fraction of sp³-hybridized carbons (Fsp3) is 0.286. The predicted octanol–water partition coefficient (Wildman–Crippen LogP) is 3.29. The number of carbonyl (C=O) groups excluding carboxylic acids is 2. The predicted molar refractivity (Wildman–Crippen MR) is 106 cm³/mol. The molecule has 1 atom stereocenters. The molecule has 0 saturated carbocycles. The highest BCUT2D eigenvalue weighted by atomic mass is 16.2. The Hall–Kier alpha value is -3.15. The topological polar surface area (TPSA) is 67.2 Å². The van der Waals surface area contributed by atoms with Gasteiger partial charge in [-0.2, -0.15) is 0 Å². The van der Waals surface area contributed by atoms with Gasteiger partial charge in [0.15, 0.2) is 0 Å². The van der Waals surface area contributed by atoms with Crippen LogP contribution in [0.15, 0.2) is 54.6 Å². The Balaban J connectivity index is 1.97. The first-order valence-electron chi connectivity index (χ1n) is 9.09. The molecule has 2 aromatic carbocycles. The van der Waals surface area contributed by atoms with Crippen LogP contribution in [0.1, 0.15) is 32.6 Å². The van der Waals surface area contributed by atoms with Gasteiger partial charge >= 0.3 is 0 Å². The number of aromatic nitrogens is 2. The van der Waals surface area contributed by atoms with Crippen LogP contribution in [0.5, 0.6) is 0 Å². The first-order valence-corrected chi connectivity index (χ1v) is 9.09. The number of hydrogen-bond donors (Lipinski definition) is 1. The minimum absolute atomic E-state index is 0.0249. The molecule has 0 saturated heterocycles. The molecule has 27 heavy (non-hydrogen) atoms. The van der Waals surface area contributed by atoms with Gasteiger partial charge in [-0.25, -0.2) is 4.98 Å². The van der Waals surface area contributed by atoms with Gasteiger partial charge in [0.05, 0.1) is 17.1 Å². The number of hydrogen-bond acceptors (Lipinski definition) is 3. The lowest BCUT2D eigenvalue weighted by molar-refractivity contribution is -0.119. The lowest BCUT2D eigenvalue weighted by atomic mass is 10.2. The minimum atomic E-state index is -0.297. The van der Waals surface area contributed by atoms with Crippen LogP contribution in [0, 0.1) is 0 Å². The van der Waals surface area contributed by atoms with Gasteiger partial charge < -0.3 is 14.8 Å². The Morgan fingerprint density at radius 3 is 2.44 bits per heavy atom. The van der Waals surface area contributed by atoms with Crippen LogP contribution in [0.25, 0.3) is 11.0 Å². The van der Waals surface area contributed by atoms with Crippen LogP contribution in [0.2, 0.25) is 0 Å². The van der Waals surface area contributed by atoms with Crippen molar-refractivity contribution in [3.05, 3.63) is 60.4 Å². The average molecular weight is 364 g/mol. The highest BCUT2D eigenvalue weighted by Crippen LogP contribution is 2.22. The quantitative estimate of drug-likeness (QED) is 0.730. The molecule has 6 heteroatoms. The average Bonchev–Trinajstić information content (AvgIpc) is 3.01. The normalized spacial score (nSPS) is 12.0. The zero-order chi connectivity index (χ0) is 19.4. The number of rotatable bonds is 6. The van der Waals surface area contributed by atoms with E-state index in [0.717, 1.165) is 16.7 Å². The van der Waals surface area contributed by atoms with Gasteiger partial charge in [-0.05, 0) is 38.1 Å². The zero-order valence-electron chi connectivity index (χ0n) is 15.8. The van der Waals surface area contributed by atoms with Crippen LogP contribution >= 0.6 is 0 Å². The Morgan fingerprint density at radius 1 is 1.11 bits per heavy atom. The SMILES string of the molecule is CCN(C(=O)Cn1c(C(C)NC(C)=O)nc2ccccc21)c1ccccc1. The third-order valence-electron chi connectivity index (χ3n) is 4.47. The van der Waals surface area contributed by atoms with Crippen molar-refractivity contribution in [1.29, 1.82) is 0 Å². The molecule has 0 aliphatic heterocycles. The summed E-state index contributed by atoms with van der Waals surface area (Å²) in [6, 6.07) is 17.0. The summed E-state index contributed by atoms with van der Waals surface area (Å²) in [6.45, 7) is 6.04. The second kappa shape index (κ2) is 8.03. The van der Waals surface area contributed by atoms with Crippen LogP contribution in [0.3, 0.4) is 0 Å². The molecule has 0 radical (unpaired) electrons. The van der Waals surface area contributed by atoms with Gasteiger partial charge in [0.2, 0.25) is 11.8 Å². The van der Waals surface area contributed by atoms with Crippen molar-refractivity contribution in [3.8, 4) is 0 Å². The molecule has 0 spiro atoms. The molecular weight excluding hydrogens is 340 g/mol. The fourth-order valence-electron chi connectivity index (χ4n) is 3.29. The number of likely N-dealkylation sites (N-methyl/N-ethyl adjacent to an activating group) is 1. The first-order chi connectivity index (χ1) is 13.0. The van der Waals surface area contributed by atoms with Gasteiger partial charge in [-0.15, -0.1) is 0 Å². The van der Waals surface area contributed by atoms with Crippen molar-refractivity contribution in [2.24, 2.45) is 0 Å². The van der Waals surface area contributed by atoms with E-state index >= 15 is 0 Å². The van der Waals surface area contributed by atoms with E-state index in [-0.39, 0.29) is 24.4 Å². The third kappa shape index (κ3) is 4.00. The van der Waals surface area contributed by atoms with Gasteiger partial charge in [0.25, 0.3) is 0 Å². The monoisotopic (exact) mass is 364 g/mol. The lowest BCUT2D eigenvalue weighted by Gasteiger charge is -2.23. The maximum atomic E-state index is 13.1. The van der Waals surface area contributed by atoms with E-state index in [1.54, 1.807) is 4.90 Å². The van der Waals surface area contributed by atoms with Crippen molar-refractivity contribution in [3.63, 3.8) is 0 Å². The number of para-hydroxylation sites is 3. The van der Waals surface area contributed by atoms with E-state index in [4.69, 9.17) is 0 Å². The smallest absolute Gasteiger partial charge is 0.246 e. The Morgan fingerprint density at radius 2 is 1.78 bits per heavy atom. The number of benzene rings is 2. The van der Waals surface area contributed by atoms with Crippen molar-refractivity contribution in [2.75, 3.05) is 11.4 Å². The van der Waals surface area contributed by atoms with Crippen LogP contribution in [-0.4, -0.2) is 27.9 Å². The summed E-state index contributed by atoms with van der Waals surface area (Å²) >= 11 is 0. The van der Waals surface area contributed by atoms with E-state index in [2.05, 4.69) is 10.3 Å². The van der Waals surface area contributed by atoms with Crippen molar-refractivity contribution >= 4 is 28.5 Å². The summed E-state index contributed by atoms with van der Waals surface area (Å²) in [4.78, 5) is 31.0. The van der Waals surface area contributed by atoms with E-state index in [9.17, 15) is 9.59 Å². The van der Waals surface area contributed by atoms with Crippen molar-refractivity contribution in [1.82, 2.24) is 14.9 Å². The Bertz CT molecular complexity index is 949. The number of nitrogens with one attached hydrogen (secondary N) is 1. The molecule has 0 aliphatic carbocycles. The summed E-state index contributed by atoms with van der Waals surface area (Å²) < 4.78 is 1.89. The largest absolute Gasteiger partial charge is 0.347 e. The molecule has 1 unspecified atom stereocenters. The second-order valence-corrected chi connectivity index (χ2v) is 6.44. The molecule has 6 nitrogen and oxygen atoms in total. The standard InChI is InChI=1S/C21H24N4O2/c1-4-24(17-10-6-5-7-11-17)20(27)14-25-19-13-9-8-12-18(19)23-21(25)15(2)22-16(3)26/h5-13,15H,4,14H2,1-3H3,(H,22,26). The van der Waals surface area contributed by atoms with Crippen LogP contribution in [0.4, 0.5) is 5.69 Å².